The zero-order chi connectivity index (χ0) is 19.8. The van der Waals surface area contributed by atoms with E-state index in [0.717, 1.165) is 18.5 Å². The van der Waals surface area contributed by atoms with Crippen molar-refractivity contribution in [2.24, 2.45) is 5.92 Å². The number of nitriles is 1. The van der Waals surface area contributed by atoms with E-state index >= 15 is 0 Å². The summed E-state index contributed by atoms with van der Waals surface area (Å²) >= 11 is 0. The normalized spacial score (nSPS) is 11.6. The molecular formula is C24H25N3O. The number of hydrogen-bond donors (Lipinski definition) is 1. The Balaban J connectivity index is 1.61. The summed E-state index contributed by atoms with van der Waals surface area (Å²) in [4.78, 5) is 11.6. The fraction of sp³-hybridized carbons (Fsp3) is 0.250. The van der Waals surface area contributed by atoms with Crippen LogP contribution in [0.2, 0.25) is 0 Å². The van der Waals surface area contributed by atoms with Crippen LogP contribution in [0.1, 0.15) is 25.3 Å². The molecule has 1 amide bonds. The highest BCUT2D eigenvalue weighted by atomic mass is 16.1. The number of nitrogens with zero attached hydrogens (tertiary/aromatic N) is 2. The molecule has 1 atom stereocenters. The molecule has 3 rings (SSSR count). The lowest BCUT2D eigenvalue weighted by atomic mass is 9.94. The molecule has 1 N–H and O–H groups in total. The van der Waals surface area contributed by atoms with Gasteiger partial charge in [0.25, 0.3) is 0 Å². The van der Waals surface area contributed by atoms with Crippen molar-refractivity contribution in [1.82, 2.24) is 9.88 Å². The second-order valence-electron chi connectivity index (χ2n) is 7.12. The molecule has 4 nitrogen and oxygen atoms in total. The van der Waals surface area contributed by atoms with E-state index in [1.165, 1.54) is 16.7 Å². The topological polar surface area (TPSA) is 57.8 Å². The highest BCUT2D eigenvalue weighted by Crippen LogP contribution is 2.24. The lowest BCUT2D eigenvalue weighted by molar-refractivity contribution is -0.121. The Morgan fingerprint density at radius 3 is 2.54 bits per heavy atom. The number of nitrogens with one attached hydrogen (secondary N) is 1. The summed E-state index contributed by atoms with van der Waals surface area (Å²) in [5, 5.41) is 11.1. The number of carbonyl (C=O) groups is 1. The molecule has 0 bridgehead atoms. The Bertz CT molecular complexity index is 937. The standard InChI is InChI=1S/C24H25N3O/c1-19(7-12-24(28)26-14-13-25)17-20-5-4-6-22(18-20)21-8-10-23(11-9-21)27-15-2-3-16-27/h2-6,8-11,15-16,18-19H,7,12,14,17H2,1H3,(H,26,28). The summed E-state index contributed by atoms with van der Waals surface area (Å²) < 4.78 is 2.09. The van der Waals surface area contributed by atoms with E-state index in [4.69, 9.17) is 5.26 Å². The van der Waals surface area contributed by atoms with E-state index in [1.54, 1.807) is 0 Å². The van der Waals surface area contributed by atoms with Gasteiger partial charge in [0.15, 0.2) is 0 Å². The molecule has 3 aromatic rings. The third-order valence-electron chi connectivity index (χ3n) is 4.84. The average Bonchev–Trinajstić information content (AvgIpc) is 3.26. The van der Waals surface area contributed by atoms with Crippen molar-refractivity contribution in [3.05, 3.63) is 78.6 Å². The predicted octanol–water partition coefficient (Wildman–Crippen LogP) is 4.74. The van der Waals surface area contributed by atoms with Crippen molar-refractivity contribution in [1.29, 1.82) is 5.26 Å². The molecular weight excluding hydrogens is 346 g/mol. The first-order chi connectivity index (χ1) is 13.7. The van der Waals surface area contributed by atoms with Crippen LogP contribution in [0.15, 0.2) is 73.1 Å². The fourth-order valence-corrected chi connectivity index (χ4v) is 3.32. The van der Waals surface area contributed by atoms with E-state index in [1.807, 2.05) is 30.6 Å². The Kier molecular flexibility index (Phi) is 6.64. The third-order valence-corrected chi connectivity index (χ3v) is 4.84. The van der Waals surface area contributed by atoms with Crippen LogP contribution in [-0.2, 0) is 11.2 Å². The van der Waals surface area contributed by atoms with Crippen LogP contribution in [0.5, 0.6) is 0 Å². The monoisotopic (exact) mass is 371 g/mol. The summed E-state index contributed by atoms with van der Waals surface area (Å²) in [6.07, 6.45) is 6.28. The van der Waals surface area contributed by atoms with Crippen molar-refractivity contribution < 1.29 is 4.79 Å². The van der Waals surface area contributed by atoms with Crippen LogP contribution >= 0.6 is 0 Å². The number of aromatic nitrogens is 1. The van der Waals surface area contributed by atoms with Crippen molar-refractivity contribution in [2.75, 3.05) is 6.54 Å². The SMILES string of the molecule is CC(CCC(=O)NCC#N)Cc1cccc(-c2ccc(-n3cccc3)cc2)c1. The number of carbonyl (C=O) groups excluding carboxylic acids is 1. The minimum atomic E-state index is -0.0510. The molecule has 2 aromatic carbocycles. The van der Waals surface area contributed by atoms with Crippen LogP contribution in [0.25, 0.3) is 16.8 Å². The number of benzene rings is 2. The average molecular weight is 371 g/mol. The van der Waals surface area contributed by atoms with Gasteiger partial charge in [0.2, 0.25) is 5.91 Å². The second-order valence-corrected chi connectivity index (χ2v) is 7.12. The van der Waals surface area contributed by atoms with Gasteiger partial charge in [-0.15, -0.1) is 0 Å². The second kappa shape index (κ2) is 9.57. The van der Waals surface area contributed by atoms with Crippen LogP contribution in [0.3, 0.4) is 0 Å². The molecule has 0 radical (unpaired) electrons. The van der Waals surface area contributed by atoms with Gasteiger partial charge in [0.05, 0.1) is 6.07 Å². The van der Waals surface area contributed by atoms with E-state index in [9.17, 15) is 4.79 Å². The van der Waals surface area contributed by atoms with Gasteiger partial charge in [-0.3, -0.25) is 4.79 Å². The van der Waals surface area contributed by atoms with Gasteiger partial charge in [0, 0.05) is 24.5 Å². The van der Waals surface area contributed by atoms with Crippen molar-refractivity contribution in [2.45, 2.75) is 26.2 Å². The Morgan fingerprint density at radius 2 is 1.82 bits per heavy atom. The fourth-order valence-electron chi connectivity index (χ4n) is 3.32. The minimum Gasteiger partial charge on any atom is -0.343 e. The molecule has 0 saturated heterocycles. The van der Waals surface area contributed by atoms with Crippen LogP contribution < -0.4 is 5.32 Å². The largest absolute Gasteiger partial charge is 0.343 e. The van der Waals surface area contributed by atoms with Gasteiger partial charge in [-0.05, 0) is 59.7 Å². The van der Waals surface area contributed by atoms with E-state index in [0.29, 0.717) is 12.3 Å². The Labute approximate surface area is 166 Å². The lowest BCUT2D eigenvalue weighted by Crippen LogP contribution is -2.23. The summed E-state index contributed by atoms with van der Waals surface area (Å²) in [5.74, 6) is 0.351. The molecule has 0 spiro atoms. The summed E-state index contributed by atoms with van der Waals surface area (Å²) in [7, 11) is 0. The van der Waals surface area contributed by atoms with Gasteiger partial charge in [-0.2, -0.15) is 5.26 Å². The highest BCUT2D eigenvalue weighted by molar-refractivity contribution is 5.76. The van der Waals surface area contributed by atoms with E-state index in [2.05, 4.69) is 65.3 Å². The summed E-state index contributed by atoms with van der Waals surface area (Å²) in [6.45, 7) is 2.24. The van der Waals surface area contributed by atoms with E-state index in [-0.39, 0.29) is 12.5 Å². The number of hydrogen-bond acceptors (Lipinski definition) is 2. The molecule has 0 saturated carbocycles. The first-order valence-electron chi connectivity index (χ1n) is 9.62. The summed E-state index contributed by atoms with van der Waals surface area (Å²) in [6, 6.07) is 23.1. The van der Waals surface area contributed by atoms with E-state index < -0.39 is 0 Å². The maximum absolute atomic E-state index is 11.6. The van der Waals surface area contributed by atoms with Gasteiger partial charge in [-0.25, -0.2) is 0 Å². The molecule has 0 aliphatic carbocycles. The summed E-state index contributed by atoms with van der Waals surface area (Å²) in [5.41, 5.74) is 4.82. The van der Waals surface area contributed by atoms with Gasteiger partial charge < -0.3 is 9.88 Å². The van der Waals surface area contributed by atoms with Gasteiger partial charge in [0.1, 0.15) is 6.54 Å². The predicted molar refractivity (Wildman–Crippen MR) is 112 cm³/mol. The quantitative estimate of drug-likeness (QED) is 0.581. The van der Waals surface area contributed by atoms with Crippen LogP contribution in [-0.4, -0.2) is 17.0 Å². The third kappa shape index (κ3) is 5.34. The van der Waals surface area contributed by atoms with Crippen molar-refractivity contribution in [3.8, 4) is 22.9 Å². The molecule has 4 heteroatoms. The maximum atomic E-state index is 11.6. The molecule has 1 heterocycles. The van der Waals surface area contributed by atoms with Gasteiger partial charge in [-0.1, -0.05) is 43.3 Å². The Hall–Kier alpha value is -3.32. The highest BCUT2D eigenvalue weighted by Gasteiger charge is 2.08. The smallest absolute Gasteiger partial charge is 0.220 e. The minimum absolute atomic E-state index is 0.0510. The molecule has 0 aliphatic heterocycles. The molecule has 142 valence electrons. The van der Waals surface area contributed by atoms with Gasteiger partial charge >= 0.3 is 0 Å². The first kappa shape index (κ1) is 19.4. The molecule has 0 fully saturated rings. The van der Waals surface area contributed by atoms with Crippen LogP contribution in [0.4, 0.5) is 0 Å². The molecule has 1 aromatic heterocycles. The zero-order valence-electron chi connectivity index (χ0n) is 16.1. The zero-order valence-corrected chi connectivity index (χ0v) is 16.1. The Morgan fingerprint density at radius 1 is 1.07 bits per heavy atom. The molecule has 28 heavy (non-hydrogen) atoms. The lowest BCUT2D eigenvalue weighted by Gasteiger charge is -2.12. The van der Waals surface area contributed by atoms with Crippen molar-refractivity contribution >= 4 is 5.91 Å². The molecule has 1 unspecified atom stereocenters. The maximum Gasteiger partial charge on any atom is 0.220 e. The number of rotatable bonds is 8. The van der Waals surface area contributed by atoms with Crippen molar-refractivity contribution in [3.63, 3.8) is 0 Å². The first-order valence-corrected chi connectivity index (χ1v) is 9.62. The van der Waals surface area contributed by atoms with Crippen LogP contribution in [0, 0.1) is 17.2 Å². The number of amides is 1. The molecule has 0 aliphatic rings.